The van der Waals surface area contributed by atoms with Crippen LogP contribution in [0.25, 0.3) is 0 Å². The lowest BCUT2D eigenvalue weighted by Crippen LogP contribution is -2.49. The molecule has 0 radical (unpaired) electrons. The Hall–Kier alpha value is -2.63. The molecular formula is C23H24F7NO3S. The molecule has 0 N–H and O–H groups in total. The Kier molecular flexibility index (Phi) is 7.71. The largest absolute Gasteiger partial charge is 0.416 e. The zero-order valence-electron chi connectivity index (χ0n) is 18.0. The van der Waals surface area contributed by atoms with E-state index in [1.54, 1.807) is 0 Å². The van der Waals surface area contributed by atoms with Gasteiger partial charge in [-0.1, -0.05) is 13.5 Å². The molecule has 0 aliphatic carbocycles. The molecule has 1 atom stereocenters. The highest BCUT2D eigenvalue weighted by Gasteiger charge is 2.46. The Balaban J connectivity index is 0.00000432. The molecule has 2 aromatic carbocycles. The highest BCUT2D eigenvalue weighted by atomic mass is 32.2. The second-order valence-electron chi connectivity index (χ2n) is 8.53. The van der Waals surface area contributed by atoms with Gasteiger partial charge in [-0.3, -0.25) is 4.79 Å². The van der Waals surface area contributed by atoms with Crippen LogP contribution >= 0.6 is 0 Å². The van der Waals surface area contributed by atoms with Gasteiger partial charge in [0.2, 0.25) is 5.91 Å². The van der Waals surface area contributed by atoms with E-state index >= 15 is 0 Å². The molecule has 4 nitrogen and oxygen atoms in total. The molecule has 12 heteroatoms. The standard InChI is InChI=1S/C22H20F7NO3S.CH4/c1-20(2,34(32,33)16-5-3-4-14(10-16)21(24,25)26)13-8-9-30(19(31)12-13)18-7-6-15(11-17(18)23)22(27,28)29;/h3-7,10-11,13H,8-9,12H2,1-2H3;1H4/t13-;/m1./s1. The molecule has 35 heavy (non-hydrogen) atoms. The van der Waals surface area contributed by atoms with Gasteiger partial charge in [0.15, 0.2) is 9.84 Å². The van der Waals surface area contributed by atoms with Crippen LogP contribution in [-0.2, 0) is 27.0 Å². The monoisotopic (exact) mass is 527 g/mol. The highest BCUT2D eigenvalue weighted by molar-refractivity contribution is 7.92. The smallest absolute Gasteiger partial charge is 0.310 e. The van der Waals surface area contributed by atoms with Gasteiger partial charge in [-0.15, -0.1) is 0 Å². The summed E-state index contributed by atoms with van der Waals surface area (Å²) >= 11 is 0. The van der Waals surface area contributed by atoms with Crippen LogP contribution in [0.2, 0.25) is 0 Å². The van der Waals surface area contributed by atoms with E-state index in [1.807, 2.05) is 0 Å². The lowest BCUT2D eigenvalue weighted by Gasteiger charge is -2.39. The molecule has 1 aliphatic rings. The molecule has 1 amide bonds. The third kappa shape index (κ3) is 5.46. The first-order chi connectivity index (χ1) is 15.5. The summed E-state index contributed by atoms with van der Waals surface area (Å²) in [7, 11) is -4.33. The van der Waals surface area contributed by atoms with E-state index in [0.717, 1.165) is 29.2 Å². The molecule has 2 aromatic rings. The number of nitrogens with zero attached hydrogens (tertiary/aromatic N) is 1. The van der Waals surface area contributed by atoms with Crippen LogP contribution < -0.4 is 4.90 Å². The molecule has 1 heterocycles. The molecule has 0 aromatic heterocycles. The van der Waals surface area contributed by atoms with E-state index in [0.29, 0.717) is 12.1 Å². The molecule has 0 spiro atoms. The number of piperidine rings is 1. The summed E-state index contributed by atoms with van der Waals surface area (Å²) in [5.41, 5.74) is -2.72. The number of hydrogen-bond donors (Lipinski definition) is 0. The Labute approximate surface area is 198 Å². The summed E-state index contributed by atoms with van der Waals surface area (Å²) in [6.45, 7) is 2.43. The van der Waals surface area contributed by atoms with E-state index in [2.05, 4.69) is 0 Å². The van der Waals surface area contributed by atoms with E-state index in [4.69, 9.17) is 0 Å². The van der Waals surface area contributed by atoms with Gasteiger partial charge in [0.25, 0.3) is 0 Å². The van der Waals surface area contributed by atoms with Gasteiger partial charge >= 0.3 is 12.4 Å². The summed E-state index contributed by atoms with van der Waals surface area (Å²) in [6, 6.07) is 5.05. The molecule has 0 unspecified atom stereocenters. The minimum atomic E-state index is -4.77. The fraction of sp³-hybridized carbons (Fsp3) is 0.435. The topological polar surface area (TPSA) is 54.5 Å². The maximum absolute atomic E-state index is 14.3. The molecule has 0 saturated carbocycles. The Morgan fingerprint density at radius 2 is 1.49 bits per heavy atom. The first-order valence-corrected chi connectivity index (χ1v) is 11.5. The van der Waals surface area contributed by atoms with Crippen molar-refractivity contribution >= 4 is 21.4 Å². The van der Waals surface area contributed by atoms with Crippen molar-refractivity contribution in [2.45, 2.75) is 56.1 Å². The SMILES string of the molecule is C.CC(C)([C@@H]1CCN(c2ccc(C(F)(F)F)cc2F)C(=O)C1)S(=O)(=O)c1cccc(C(F)(F)F)c1. The van der Waals surface area contributed by atoms with Gasteiger partial charge in [-0.05, 0) is 62.6 Å². The van der Waals surface area contributed by atoms with Gasteiger partial charge in [0.05, 0.1) is 26.5 Å². The predicted molar refractivity (Wildman–Crippen MR) is 116 cm³/mol. The zero-order valence-corrected chi connectivity index (χ0v) is 18.8. The summed E-state index contributed by atoms with van der Waals surface area (Å²) in [6.07, 6.45) is -9.86. The number of amides is 1. The molecular weight excluding hydrogens is 503 g/mol. The van der Waals surface area contributed by atoms with Crippen LogP contribution in [0.15, 0.2) is 47.4 Å². The summed E-state index contributed by atoms with van der Waals surface area (Å²) in [4.78, 5) is 13.1. The Morgan fingerprint density at radius 3 is 2.00 bits per heavy atom. The Morgan fingerprint density at radius 1 is 0.914 bits per heavy atom. The number of benzene rings is 2. The fourth-order valence-electron chi connectivity index (χ4n) is 3.95. The van der Waals surface area contributed by atoms with E-state index in [9.17, 15) is 43.9 Å². The minimum absolute atomic E-state index is 0. The van der Waals surface area contributed by atoms with Crippen LogP contribution in [0.1, 0.15) is 45.2 Å². The lowest BCUT2D eigenvalue weighted by molar-refractivity contribution is -0.138. The normalized spacial score (nSPS) is 17.8. The van der Waals surface area contributed by atoms with Crippen LogP contribution in [0.5, 0.6) is 0 Å². The van der Waals surface area contributed by atoms with Crippen LogP contribution in [0.4, 0.5) is 36.4 Å². The minimum Gasteiger partial charge on any atom is -0.310 e. The second kappa shape index (κ2) is 9.44. The van der Waals surface area contributed by atoms with Gasteiger partial charge < -0.3 is 4.90 Å². The van der Waals surface area contributed by atoms with Gasteiger partial charge in [-0.2, -0.15) is 26.3 Å². The van der Waals surface area contributed by atoms with Crippen molar-refractivity contribution in [2.24, 2.45) is 5.92 Å². The van der Waals surface area contributed by atoms with Crippen LogP contribution in [0.3, 0.4) is 0 Å². The maximum Gasteiger partial charge on any atom is 0.416 e. The molecule has 3 rings (SSSR count). The third-order valence-electron chi connectivity index (χ3n) is 6.14. The van der Waals surface area contributed by atoms with Crippen molar-refractivity contribution in [2.75, 3.05) is 11.4 Å². The van der Waals surface area contributed by atoms with Crippen molar-refractivity contribution in [1.29, 1.82) is 0 Å². The number of carbonyl (C=O) groups is 1. The van der Waals surface area contributed by atoms with Crippen molar-refractivity contribution in [1.82, 2.24) is 0 Å². The van der Waals surface area contributed by atoms with Crippen LogP contribution in [0, 0.1) is 11.7 Å². The van der Waals surface area contributed by atoms with E-state index in [-0.39, 0.29) is 38.6 Å². The summed E-state index contributed by atoms with van der Waals surface area (Å²) in [5, 5.41) is 0. The molecule has 1 fully saturated rings. The van der Waals surface area contributed by atoms with Crippen molar-refractivity contribution in [3.05, 3.63) is 59.4 Å². The predicted octanol–water partition coefficient (Wildman–Crippen LogP) is 6.49. The second-order valence-corrected chi connectivity index (χ2v) is 11.1. The quantitative estimate of drug-likeness (QED) is 0.427. The average Bonchev–Trinajstić information content (AvgIpc) is 2.72. The van der Waals surface area contributed by atoms with Gasteiger partial charge in [0.1, 0.15) is 5.82 Å². The Bertz CT molecular complexity index is 1200. The third-order valence-corrected chi connectivity index (χ3v) is 8.73. The number of sulfone groups is 1. The number of carbonyl (C=O) groups excluding carboxylic acids is 1. The molecule has 1 aliphatic heterocycles. The summed E-state index contributed by atoms with van der Waals surface area (Å²) < 4.78 is 117. The average molecular weight is 528 g/mol. The van der Waals surface area contributed by atoms with Crippen molar-refractivity contribution < 1.29 is 43.9 Å². The highest BCUT2D eigenvalue weighted by Crippen LogP contribution is 2.41. The van der Waals surface area contributed by atoms with Crippen molar-refractivity contribution in [3.63, 3.8) is 0 Å². The van der Waals surface area contributed by atoms with Crippen molar-refractivity contribution in [3.8, 4) is 0 Å². The zero-order chi connectivity index (χ0) is 25.7. The number of rotatable bonds is 4. The number of anilines is 1. The maximum atomic E-state index is 14.3. The van der Waals surface area contributed by atoms with E-state index in [1.165, 1.54) is 13.8 Å². The van der Waals surface area contributed by atoms with E-state index < -0.39 is 60.6 Å². The molecule has 194 valence electrons. The fourth-order valence-corrected chi connectivity index (χ4v) is 5.73. The summed E-state index contributed by atoms with van der Waals surface area (Å²) in [5.74, 6) is -2.78. The first-order valence-electron chi connectivity index (χ1n) is 10.1. The van der Waals surface area contributed by atoms with Gasteiger partial charge in [0, 0.05) is 13.0 Å². The number of halogens is 7. The number of hydrogen-bond acceptors (Lipinski definition) is 3. The molecule has 1 saturated heterocycles. The van der Waals surface area contributed by atoms with Crippen LogP contribution in [-0.4, -0.2) is 25.6 Å². The first kappa shape index (κ1) is 28.6. The number of alkyl halides is 6. The lowest BCUT2D eigenvalue weighted by atomic mass is 9.85. The van der Waals surface area contributed by atoms with Gasteiger partial charge in [-0.25, -0.2) is 12.8 Å². The molecule has 0 bridgehead atoms.